The first-order valence-electron chi connectivity index (χ1n) is 8.87. The fraction of sp³-hybridized carbons (Fsp3) is 0.500. The summed E-state index contributed by atoms with van der Waals surface area (Å²) in [6.45, 7) is 7.78. The van der Waals surface area contributed by atoms with Crippen LogP contribution in [0.25, 0.3) is 0 Å². The Balaban J connectivity index is 1.71. The van der Waals surface area contributed by atoms with Gasteiger partial charge in [-0.25, -0.2) is 0 Å². The Morgan fingerprint density at radius 3 is 2.62 bits per heavy atom. The van der Waals surface area contributed by atoms with Crippen LogP contribution in [0.15, 0.2) is 35.5 Å². The molecule has 7 nitrogen and oxygen atoms in total. The quantitative estimate of drug-likeness (QED) is 0.722. The van der Waals surface area contributed by atoms with Gasteiger partial charge in [-0.1, -0.05) is 30.0 Å². The number of carbonyl (C=O) groups excluding carboxylic acids is 1. The van der Waals surface area contributed by atoms with Crippen LogP contribution in [0, 0.1) is 0 Å². The highest BCUT2D eigenvalue weighted by molar-refractivity contribution is 8.00. The fourth-order valence-corrected chi connectivity index (χ4v) is 3.90. The number of benzene rings is 1. The van der Waals surface area contributed by atoms with E-state index in [2.05, 4.69) is 26.6 Å². The summed E-state index contributed by atoms with van der Waals surface area (Å²) in [7, 11) is 1.80. The van der Waals surface area contributed by atoms with Gasteiger partial charge < -0.3 is 14.5 Å². The standard InChI is InChI=1S/C18H25N5O2S/c1-4-23-17(22-10-12-25-13-11-22)19-20-18(23)26-14(2)16(24)21(3)15-8-6-5-7-9-15/h5-9,14H,4,10-13H2,1-3H3. The number of aromatic nitrogens is 3. The van der Waals surface area contributed by atoms with E-state index in [-0.39, 0.29) is 11.2 Å². The maximum absolute atomic E-state index is 12.8. The number of anilines is 2. The Morgan fingerprint density at radius 1 is 1.27 bits per heavy atom. The van der Waals surface area contributed by atoms with Crippen molar-refractivity contribution in [2.24, 2.45) is 0 Å². The largest absolute Gasteiger partial charge is 0.378 e. The van der Waals surface area contributed by atoms with Crippen molar-refractivity contribution in [2.75, 3.05) is 43.2 Å². The van der Waals surface area contributed by atoms with Crippen LogP contribution >= 0.6 is 11.8 Å². The SMILES string of the molecule is CCn1c(SC(C)C(=O)N(C)c2ccccc2)nnc1N1CCOCC1. The van der Waals surface area contributed by atoms with Crippen LogP contribution in [-0.4, -0.2) is 59.3 Å². The average molecular weight is 375 g/mol. The van der Waals surface area contributed by atoms with Crippen molar-refractivity contribution in [1.29, 1.82) is 0 Å². The lowest BCUT2D eigenvalue weighted by Gasteiger charge is -2.27. The fourth-order valence-electron chi connectivity index (χ4n) is 2.90. The molecule has 0 radical (unpaired) electrons. The van der Waals surface area contributed by atoms with Crippen molar-refractivity contribution >= 4 is 29.3 Å². The van der Waals surface area contributed by atoms with Gasteiger partial charge in [-0.15, -0.1) is 10.2 Å². The van der Waals surface area contributed by atoms with Crippen LogP contribution in [0.1, 0.15) is 13.8 Å². The van der Waals surface area contributed by atoms with Crippen LogP contribution < -0.4 is 9.80 Å². The molecule has 140 valence electrons. The molecular weight excluding hydrogens is 350 g/mol. The molecule has 1 saturated heterocycles. The second-order valence-corrected chi connectivity index (χ2v) is 7.43. The topological polar surface area (TPSA) is 63.5 Å². The molecule has 3 rings (SSSR count). The first-order chi connectivity index (χ1) is 12.6. The van der Waals surface area contributed by atoms with Crippen molar-refractivity contribution < 1.29 is 9.53 Å². The highest BCUT2D eigenvalue weighted by Gasteiger charge is 2.25. The number of nitrogens with zero attached hydrogens (tertiary/aromatic N) is 5. The summed E-state index contributed by atoms with van der Waals surface area (Å²) < 4.78 is 7.48. The van der Waals surface area contributed by atoms with E-state index < -0.39 is 0 Å². The molecule has 1 aliphatic rings. The van der Waals surface area contributed by atoms with E-state index in [0.717, 1.165) is 36.4 Å². The first-order valence-corrected chi connectivity index (χ1v) is 9.75. The average Bonchev–Trinajstić information content (AvgIpc) is 3.10. The predicted octanol–water partition coefficient (Wildman–Crippen LogP) is 2.28. The molecule has 8 heteroatoms. The number of carbonyl (C=O) groups is 1. The van der Waals surface area contributed by atoms with Crippen molar-refractivity contribution in [3.05, 3.63) is 30.3 Å². The van der Waals surface area contributed by atoms with Crippen LogP contribution in [0.5, 0.6) is 0 Å². The van der Waals surface area contributed by atoms with Gasteiger partial charge in [-0.2, -0.15) is 0 Å². The molecule has 1 atom stereocenters. The minimum absolute atomic E-state index is 0.0415. The molecule has 1 aromatic heterocycles. The van der Waals surface area contributed by atoms with E-state index in [0.29, 0.717) is 13.2 Å². The number of amides is 1. The number of thioether (sulfide) groups is 1. The summed E-state index contributed by atoms with van der Waals surface area (Å²) in [6.07, 6.45) is 0. The summed E-state index contributed by atoms with van der Waals surface area (Å²) in [5.41, 5.74) is 0.885. The van der Waals surface area contributed by atoms with Gasteiger partial charge in [0, 0.05) is 32.4 Å². The third-order valence-corrected chi connectivity index (χ3v) is 5.48. The Bertz CT molecular complexity index is 730. The summed E-state index contributed by atoms with van der Waals surface area (Å²) in [5, 5.41) is 9.22. The van der Waals surface area contributed by atoms with Gasteiger partial charge in [-0.3, -0.25) is 9.36 Å². The van der Waals surface area contributed by atoms with Gasteiger partial charge in [0.1, 0.15) is 0 Å². The van der Waals surface area contributed by atoms with E-state index in [1.54, 1.807) is 11.9 Å². The van der Waals surface area contributed by atoms with E-state index in [1.807, 2.05) is 37.3 Å². The van der Waals surface area contributed by atoms with E-state index in [1.165, 1.54) is 11.8 Å². The summed E-state index contributed by atoms with van der Waals surface area (Å²) in [5.74, 6) is 0.897. The third kappa shape index (κ3) is 4.02. The van der Waals surface area contributed by atoms with Crippen molar-refractivity contribution in [3.8, 4) is 0 Å². The zero-order chi connectivity index (χ0) is 18.5. The first kappa shape index (κ1) is 18.7. The monoisotopic (exact) mass is 375 g/mol. The molecule has 1 aliphatic heterocycles. The van der Waals surface area contributed by atoms with E-state index in [9.17, 15) is 4.79 Å². The van der Waals surface area contributed by atoms with Crippen molar-refractivity contribution in [2.45, 2.75) is 30.8 Å². The molecule has 0 bridgehead atoms. The smallest absolute Gasteiger partial charge is 0.240 e. The summed E-state index contributed by atoms with van der Waals surface area (Å²) in [6, 6.07) is 9.66. The maximum Gasteiger partial charge on any atom is 0.240 e. The number of para-hydroxylation sites is 1. The summed E-state index contributed by atoms with van der Waals surface area (Å²) >= 11 is 1.45. The molecule has 26 heavy (non-hydrogen) atoms. The zero-order valence-electron chi connectivity index (χ0n) is 15.5. The van der Waals surface area contributed by atoms with Crippen LogP contribution in [0.2, 0.25) is 0 Å². The number of hydrogen-bond donors (Lipinski definition) is 0. The van der Waals surface area contributed by atoms with Crippen LogP contribution in [0.4, 0.5) is 11.6 Å². The summed E-state index contributed by atoms with van der Waals surface area (Å²) in [4.78, 5) is 16.7. The normalized spacial score (nSPS) is 15.7. The van der Waals surface area contributed by atoms with E-state index >= 15 is 0 Å². The maximum atomic E-state index is 12.8. The Labute approximate surface area is 158 Å². The predicted molar refractivity (Wildman–Crippen MR) is 104 cm³/mol. The van der Waals surface area contributed by atoms with Gasteiger partial charge in [0.2, 0.25) is 11.9 Å². The molecule has 0 spiro atoms. The molecule has 2 heterocycles. The number of rotatable bonds is 6. The van der Waals surface area contributed by atoms with Crippen molar-refractivity contribution in [3.63, 3.8) is 0 Å². The highest BCUT2D eigenvalue weighted by atomic mass is 32.2. The van der Waals surface area contributed by atoms with E-state index in [4.69, 9.17) is 4.74 Å². The second-order valence-electron chi connectivity index (χ2n) is 6.12. The lowest BCUT2D eigenvalue weighted by Crippen LogP contribution is -2.38. The Hall–Kier alpha value is -2.06. The number of ether oxygens (including phenoxy) is 1. The van der Waals surface area contributed by atoms with Gasteiger partial charge in [0.05, 0.1) is 18.5 Å². The number of morpholine rings is 1. The van der Waals surface area contributed by atoms with Gasteiger partial charge in [-0.05, 0) is 26.0 Å². The molecule has 1 aromatic carbocycles. The molecule has 0 N–H and O–H groups in total. The molecule has 0 saturated carbocycles. The zero-order valence-corrected chi connectivity index (χ0v) is 16.3. The van der Waals surface area contributed by atoms with Gasteiger partial charge >= 0.3 is 0 Å². The van der Waals surface area contributed by atoms with Gasteiger partial charge in [0.15, 0.2) is 5.16 Å². The second kappa shape index (κ2) is 8.55. The molecule has 1 amide bonds. The Morgan fingerprint density at radius 2 is 1.96 bits per heavy atom. The van der Waals surface area contributed by atoms with Crippen LogP contribution in [0.3, 0.4) is 0 Å². The lowest BCUT2D eigenvalue weighted by molar-refractivity contribution is -0.117. The minimum Gasteiger partial charge on any atom is -0.378 e. The molecule has 1 fully saturated rings. The third-order valence-electron chi connectivity index (χ3n) is 4.41. The number of hydrogen-bond acceptors (Lipinski definition) is 6. The van der Waals surface area contributed by atoms with Crippen molar-refractivity contribution in [1.82, 2.24) is 14.8 Å². The van der Waals surface area contributed by atoms with Crippen LogP contribution in [-0.2, 0) is 16.1 Å². The molecule has 0 aliphatic carbocycles. The minimum atomic E-state index is -0.257. The Kier molecular flexibility index (Phi) is 6.16. The van der Waals surface area contributed by atoms with Gasteiger partial charge in [0.25, 0.3) is 0 Å². The highest BCUT2D eigenvalue weighted by Crippen LogP contribution is 2.27. The molecule has 1 unspecified atom stereocenters. The molecular formula is C18H25N5O2S. The lowest BCUT2D eigenvalue weighted by atomic mass is 10.3. The molecule has 2 aromatic rings.